The fourth-order valence-corrected chi connectivity index (χ4v) is 0.263. The Morgan fingerprint density at radius 2 is 1.69 bits per heavy atom. The van der Waals surface area contributed by atoms with E-state index < -0.39 is 19.8 Å². The summed E-state index contributed by atoms with van der Waals surface area (Å²) < 4.78 is 8.88. The van der Waals surface area contributed by atoms with Gasteiger partial charge in [-0.05, 0) is 6.42 Å². The maximum absolute atomic E-state index is 9.85. The van der Waals surface area contributed by atoms with Gasteiger partial charge in [-0.25, -0.2) is 4.57 Å². The Hall–Kier alpha value is -0.500. The standard InChI is InChI=1S/C4H9NO3.H3O4P/c5-3(1-2-6)4(7)8;1-5(2,3)4/h3,6H,1-2,5H2,(H,7,8);(H3,1,2,3,4)/t3-;/m0./s1. The largest absolute Gasteiger partial charge is 0.480 e. The number of aliphatic hydroxyl groups excluding tert-OH is 1. The number of aliphatic carboxylic acids is 1. The average Bonchev–Trinajstić information content (AvgIpc) is 1.84. The van der Waals surface area contributed by atoms with Crippen molar-refractivity contribution < 1.29 is 34.3 Å². The van der Waals surface area contributed by atoms with Crippen LogP contribution >= 0.6 is 7.82 Å². The van der Waals surface area contributed by atoms with E-state index in [2.05, 4.69) is 0 Å². The summed E-state index contributed by atoms with van der Waals surface area (Å²) in [6.45, 7) is -0.173. The molecule has 0 aliphatic carbocycles. The van der Waals surface area contributed by atoms with Gasteiger partial charge in [0.2, 0.25) is 0 Å². The molecule has 1 atom stereocenters. The molecule has 0 aliphatic heterocycles. The summed E-state index contributed by atoms with van der Waals surface area (Å²) in [6.07, 6.45) is 0.120. The van der Waals surface area contributed by atoms with Crippen molar-refractivity contribution in [2.24, 2.45) is 5.73 Å². The molecule has 0 aliphatic rings. The van der Waals surface area contributed by atoms with E-state index in [4.69, 9.17) is 35.2 Å². The summed E-state index contributed by atoms with van der Waals surface area (Å²) in [5, 5.41) is 16.2. The maximum Gasteiger partial charge on any atom is 0.466 e. The average molecular weight is 217 g/mol. The number of hydrogen-bond acceptors (Lipinski definition) is 4. The summed E-state index contributed by atoms with van der Waals surface area (Å²) in [7, 11) is -4.64. The number of carboxylic acids is 1. The molecular formula is C4H12NO7P. The van der Waals surface area contributed by atoms with E-state index in [1.807, 2.05) is 0 Å². The quantitative estimate of drug-likeness (QED) is 0.291. The summed E-state index contributed by atoms with van der Waals surface area (Å²) in [6, 6.07) is -0.917. The van der Waals surface area contributed by atoms with Crippen molar-refractivity contribution >= 4 is 13.8 Å². The molecule has 0 heterocycles. The summed E-state index contributed by atoms with van der Waals surface area (Å²) in [4.78, 5) is 31.4. The Labute approximate surface area is 73.9 Å². The van der Waals surface area contributed by atoms with Gasteiger partial charge in [-0.1, -0.05) is 0 Å². The SMILES string of the molecule is N[C@@H](CCO)C(=O)O.O=P(O)(O)O. The minimum absolute atomic E-state index is 0.120. The minimum Gasteiger partial charge on any atom is -0.480 e. The molecule has 0 rings (SSSR count). The Morgan fingerprint density at radius 3 is 1.77 bits per heavy atom. The van der Waals surface area contributed by atoms with Crippen LogP contribution in [0.3, 0.4) is 0 Å². The number of carbonyl (C=O) groups is 1. The van der Waals surface area contributed by atoms with Gasteiger partial charge in [0.05, 0.1) is 0 Å². The second-order valence-corrected chi connectivity index (χ2v) is 3.00. The lowest BCUT2D eigenvalue weighted by molar-refractivity contribution is -0.138. The second-order valence-electron chi connectivity index (χ2n) is 1.97. The zero-order valence-corrected chi connectivity index (χ0v) is 7.46. The van der Waals surface area contributed by atoms with Crippen molar-refractivity contribution in [3.05, 3.63) is 0 Å². The van der Waals surface area contributed by atoms with Crippen molar-refractivity contribution in [1.82, 2.24) is 0 Å². The van der Waals surface area contributed by atoms with Crippen molar-refractivity contribution in [1.29, 1.82) is 0 Å². The lowest BCUT2D eigenvalue weighted by Gasteiger charge is -2.00. The van der Waals surface area contributed by atoms with Crippen molar-refractivity contribution in [2.75, 3.05) is 6.61 Å². The highest BCUT2D eigenvalue weighted by molar-refractivity contribution is 7.45. The van der Waals surface area contributed by atoms with Gasteiger partial charge in [0.1, 0.15) is 6.04 Å². The fraction of sp³-hybridized carbons (Fsp3) is 0.750. The zero-order chi connectivity index (χ0) is 11.1. The van der Waals surface area contributed by atoms with Crippen LogP contribution in [0.15, 0.2) is 0 Å². The molecule has 0 saturated carbocycles. The predicted molar refractivity (Wildman–Crippen MR) is 41.6 cm³/mol. The van der Waals surface area contributed by atoms with Gasteiger partial charge < -0.3 is 30.6 Å². The molecule has 0 radical (unpaired) electrons. The summed E-state index contributed by atoms with van der Waals surface area (Å²) >= 11 is 0. The third kappa shape index (κ3) is 24.6. The predicted octanol–water partition coefficient (Wildman–Crippen LogP) is -2.15. The Balaban J connectivity index is 0. The van der Waals surface area contributed by atoms with Gasteiger partial charge in [0.25, 0.3) is 0 Å². The smallest absolute Gasteiger partial charge is 0.466 e. The molecule has 0 aromatic rings. The normalized spacial score (nSPS) is 12.7. The van der Waals surface area contributed by atoms with Crippen LogP contribution in [0, 0.1) is 0 Å². The number of carboxylic acid groups (broad SMARTS) is 1. The van der Waals surface area contributed by atoms with E-state index in [9.17, 15) is 4.79 Å². The highest BCUT2D eigenvalue weighted by Gasteiger charge is 2.08. The molecule has 0 bridgehead atoms. The van der Waals surface area contributed by atoms with Crippen LogP contribution in [-0.4, -0.2) is 43.5 Å². The van der Waals surface area contributed by atoms with Gasteiger partial charge >= 0.3 is 13.8 Å². The minimum atomic E-state index is -4.64. The molecule has 0 aromatic heterocycles. The van der Waals surface area contributed by atoms with E-state index in [1.165, 1.54) is 0 Å². The van der Waals surface area contributed by atoms with Crippen LogP contribution in [0.4, 0.5) is 0 Å². The first-order valence-electron chi connectivity index (χ1n) is 3.06. The monoisotopic (exact) mass is 217 g/mol. The molecule has 13 heavy (non-hydrogen) atoms. The van der Waals surface area contributed by atoms with E-state index in [-0.39, 0.29) is 13.0 Å². The van der Waals surface area contributed by atoms with E-state index in [0.717, 1.165) is 0 Å². The molecule has 7 N–H and O–H groups in total. The second kappa shape index (κ2) is 6.96. The van der Waals surface area contributed by atoms with Gasteiger partial charge in [0.15, 0.2) is 0 Å². The van der Waals surface area contributed by atoms with Crippen LogP contribution in [-0.2, 0) is 9.36 Å². The van der Waals surface area contributed by atoms with Crippen LogP contribution < -0.4 is 5.73 Å². The van der Waals surface area contributed by atoms with Gasteiger partial charge in [-0.15, -0.1) is 0 Å². The molecule has 0 fully saturated rings. The maximum atomic E-state index is 9.85. The molecule has 8 nitrogen and oxygen atoms in total. The molecule has 0 unspecified atom stereocenters. The topological polar surface area (TPSA) is 161 Å². The van der Waals surface area contributed by atoms with E-state index in [1.54, 1.807) is 0 Å². The molecule has 0 spiro atoms. The Bertz CT molecular complexity index is 181. The third-order valence-corrected chi connectivity index (χ3v) is 0.757. The van der Waals surface area contributed by atoms with Crippen LogP contribution in [0.25, 0.3) is 0 Å². The molecule has 0 amide bonds. The number of nitrogens with two attached hydrogens (primary N) is 1. The first-order valence-corrected chi connectivity index (χ1v) is 4.62. The Kier molecular flexibility index (Phi) is 8.02. The number of hydrogen-bond donors (Lipinski definition) is 6. The van der Waals surface area contributed by atoms with Gasteiger partial charge in [-0.2, -0.15) is 0 Å². The van der Waals surface area contributed by atoms with Gasteiger partial charge in [-0.3, -0.25) is 4.79 Å². The van der Waals surface area contributed by atoms with Crippen molar-refractivity contribution in [2.45, 2.75) is 12.5 Å². The van der Waals surface area contributed by atoms with Crippen LogP contribution in [0.5, 0.6) is 0 Å². The third-order valence-electron chi connectivity index (χ3n) is 0.757. The zero-order valence-electron chi connectivity index (χ0n) is 6.57. The molecular weight excluding hydrogens is 205 g/mol. The lowest BCUT2D eigenvalue weighted by atomic mass is 10.2. The number of aliphatic hydroxyl groups is 1. The highest BCUT2D eigenvalue weighted by Crippen LogP contribution is 2.25. The highest BCUT2D eigenvalue weighted by atomic mass is 31.2. The number of rotatable bonds is 3. The molecule has 0 aromatic carbocycles. The van der Waals surface area contributed by atoms with Crippen LogP contribution in [0.1, 0.15) is 6.42 Å². The van der Waals surface area contributed by atoms with Crippen molar-refractivity contribution in [3.63, 3.8) is 0 Å². The lowest BCUT2D eigenvalue weighted by Crippen LogP contribution is -2.30. The van der Waals surface area contributed by atoms with Crippen LogP contribution in [0.2, 0.25) is 0 Å². The van der Waals surface area contributed by atoms with Gasteiger partial charge in [0, 0.05) is 6.61 Å². The molecule has 9 heteroatoms. The van der Waals surface area contributed by atoms with E-state index in [0.29, 0.717) is 0 Å². The first-order chi connectivity index (χ1) is 5.68. The molecule has 0 saturated heterocycles. The Morgan fingerprint density at radius 1 is 1.38 bits per heavy atom. The first kappa shape index (κ1) is 15.0. The molecule has 80 valence electrons. The van der Waals surface area contributed by atoms with Crippen molar-refractivity contribution in [3.8, 4) is 0 Å². The number of phosphoric acid groups is 1. The fourth-order valence-electron chi connectivity index (χ4n) is 0.263. The summed E-state index contributed by atoms with van der Waals surface area (Å²) in [5.74, 6) is -1.07. The summed E-state index contributed by atoms with van der Waals surface area (Å²) in [5.41, 5.74) is 4.97. The van der Waals surface area contributed by atoms with E-state index >= 15 is 0 Å².